The van der Waals surface area contributed by atoms with E-state index in [1.165, 1.54) is 12.0 Å². The van der Waals surface area contributed by atoms with E-state index in [0.29, 0.717) is 17.9 Å². The molecule has 0 amide bonds. The predicted octanol–water partition coefficient (Wildman–Crippen LogP) is 2.51. The highest BCUT2D eigenvalue weighted by Crippen LogP contribution is 2.47. The molecule has 144 valence electrons. The number of fused-ring (bicyclic) bond motifs is 1. The molecular formula is C21H30N6. The Balaban J connectivity index is 1.34. The van der Waals surface area contributed by atoms with Gasteiger partial charge < -0.3 is 10.6 Å². The van der Waals surface area contributed by atoms with Gasteiger partial charge in [-0.15, -0.1) is 0 Å². The van der Waals surface area contributed by atoms with Gasteiger partial charge in [0.15, 0.2) is 11.8 Å². The molecule has 0 bridgehead atoms. The van der Waals surface area contributed by atoms with Crippen LogP contribution in [0.2, 0.25) is 0 Å². The van der Waals surface area contributed by atoms with Crippen molar-refractivity contribution in [3.63, 3.8) is 0 Å². The molecule has 2 heterocycles. The number of rotatable bonds is 6. The standard InChI is InChI=1S/C21H30N6/c1-3-19-25-20-11-10-17(14-27(20)26-19)24-21(22-4-2)23-13-16-12-18(16)15-8-6-5-7-9-15/h5-9,16-18H,3-4,10-14H2,1-2H3,(H2,22,23,24). The van der Waals surface area contributed by atoms with Crippen molar-refractivity contribution in [1.82, 2.24) is 25.4 Å². The molecule has 6 heteroatoms. The minimum Gasteiger partial charge on any atom is -0.357 e. The molecule has 2 N–H and O–H groups in total. The number of nitrogens with one attached hydrogen (secondary N) is 2. The van der Waals surface area contributed by atoms with Gasteiger partial charge in [0.1, 0.15) is 5.82 Å². The molecule has 2 aliphatic rings. The highest BCUT2D eigenvalue weighted by atomic mass is 15.4. The zero-order valence-electron chi connectivity index (χ0n) is 16.4. The Morgan fingerprint density at radius 2 is 2.11 bits per heavy atom. The van der Waals surface area contributed by atoms with Crippen molar-refractivity contribution in [2.24, 2.45) is 10.9 Å². The Labute approximate surface area is 161 Å². The monoisotopic (exact) mass is 366 g/mol. The lowest BCUT2D eigenvalue weighted by Gasteiger charge is -2.25. The fourth-order valence-corrected chi connectivity index (χ4v) is 3.91. The molecule has 27 heavy (non-hydrogen) atoms. The second kappa shape index (κ2) is 8.11. The first-order valence-electron chi connectivity index (χ1n) is 10.3. The molecule has 6 nitrogen and oxygen atoms in total. The van der Waals surface area contributed by atoms with E-state index in [1.807, 2.05) is 0 Å². The van der Waals surface area contributed by atoms with Crippen LogP contribution < -0.4 is 10.6 Å². The zero-order chi connectivity index (χ0) is 18.6. The molecule has 1 saturated carbocycles. The minimum absolute atomic E-state index is 0.353. The summed E-state index contributed by atoms with van der Waals surface area (Å²) in [6.07, 6.45) is 4.19. The second-order valence-corrected chi connectivity index (χ2v) is 7.59. The lowest BCUT2D eigenvalue weighted by molar-refractivity contribution is 0.392. The maximum atomic E-state index is 4.87. The van der Waals surface area contributed by atoms with Gasteiger partial charge in [0.05, 0.1) is 6.54 Å². The molecule has 0 radical (unpaired) electrons. The summed E-state index contributed by atoms with van der Waals surface area (Å²) in [5, 5.41) is 11.6. The van der Waals surface area contributed by atoms with Crippen LogP contribution in [0.5, 0.6) is 0 Å². The quantitative estimate of drug-likeness (QED) is 0.609. The molecule has 1 fully saturated rings. The van der Waals surface area contributed by atoms with Gasteiger partial charge in [-0.2, -0.15) is 5.10 Å². The Morgan fingerprint density at radius 1 is 1.26 bits per heavy atom. The summed E-state index contributed by atoms with van der Waals surface area (Å²) >= 11 is 0. The Kier molecular flexibility index (Phi) is 5.41. The van der Waals surface area contributed by atoms with Crippen LogP contribution in [0, 0.1) is 5.92 Å². The van der Waals surface area contributed by atoms with Gasteiger partial charge in [-0.25, -0.2) is 9.67 Å². The van der Waals surface area contributed by atoms with E-state index in [0.717, 1.165) is 56.5 Å². The van der Waals surface area contributed by atoms with E-state index in [1.54, 1.807) is 0 Å². The van der Waals surface area contributed by atoms with Crippen LogP contribution in [0.4, 0.5) is 0 Å². The van der Waals surface area contributed by atoms with Gasteiger partial charge in [0, 0.05) is 32.0 Å². The number of aryl methyl sites for hydroxylation is 2. The van der Waals surface area contributed by atoms with E-state index in [2.05, 4.69) is 69.6 Å². The van der Waals surface area contributed by atoms with Crippen molar-refractivity contribution < 1.29 is 0 Å². The van der Waals surface area contributed by atoms with Crippen LogP contribution >= 0.6 is 0 Å². The summed E-state index contributed by atoms with van der Waals surface area (Å²) in [4.78, 5) is 9.47. The summed E-state index contributed by atoms with van der Waals surface area (Å²) in [6.45, 7) is 6.84. The predicted molar refractivity (Wildman–Crippen MR) is 108 cm³/mol. The van der Waals surface area contributed by atoms with Gasteiger partial charge in [0.2, 0.25) is 0 Å². The van der Waals surface area contributed by atoms with Crippen molar-refractivity contribution in [2.75, 3.05) is 13.1 Å². The van der Waals surface area contributed by atoms with Crippen molar-refractivity contribution in [1.29, 1.82) is 0 Å². The zero-order valence-corrected chi connectivity index (χ0v) is 16.4. The molecule has 1 aliphatic carbocycles. The Bertz CT molecular complexity index is 781. The van der Waals surface area contributed by atoms with Crippen LogP contribution in [0.25, 0.3) is 0 Å². The van der Waals surface area contributed by atoms with Crippen LogP contribution in [0.15, 0.2) is 35.3 Å². The van der Waals surface area contributed by atoms with Crippen molar-refractivity contribution in [3.05, 3.63) is 47.5 Å². The molecular weight excluding hydrogens is 336 g/mol. The molecule has 4 rings (SSSR count). The molecule has 3 unspecified atom stereocenters. The van der Waals surface area contributed by atoms with Crippen LogP contribution in [0.1, 0.15) is 49.8 Å². The second-order valence-electron chi connectivity index (χ2n) is 7.59. The van der Waals surface area contributed by atoms with Crippen LogP contribution in [0.3, 0.4) is 0 Å². The fraction of sp³-hybridized carbons (Fsp3) is 0.571. The average Bonchev–Trinajstić information content (AvgIpc) is 3.36. The number of hydrogen-bond donors (Lipinski definition) is 2. The van der Waals surface area contributed by atoms with Crippen LogP contribution in [-0.4, -0.2) is 39.9 Å². The van der Waals surface area contributed by atoms with E-state index in [9.17, 15) is 0 Å². The average molecular weight is 367 g/mol. The highest BCUT2D eigenvalue weighted by molar-refractivity contribution is 5.80. The third-order valence-corrected chi connectivity index (χ3v) is 5.54. The maximum Gasteiger partial charge on any atom is 0.191 e. The third kappa shape index (κ3) is 4.31. The van der Waals surface area contributed by atoms with Gasteiger partial charge in [-0.05, 0) is 37.2 Å². The van der Waals surface area contributed by atoms with Crippen molar-refractivity contribution >= 4 is 5.96 Å². The smallest absolute Gasteiger partial charge is 0.191 e. The summed E-state index contributed by atoms with van der Waals surface area (Å²) in [5.74, 6) is 4.35. The van der Waals surface area contributed by atoms with Crippen LogP contribution in [-0.2, 0) is 19.4 Å². The third-order valence-electron chi connectivity index (χ3n) is 5.54. The normalized spacial score (nSPS) is 24.4. The number of guanidine groups is 1. The van der Waals surface area contributed by atoms with Gasteiger partial charge >= 0.3 is 0 Å². The summed E-state index contributed by atoms with van der Waals surface area (Å²) in [6, 6.07) is 11.2. The molecule has 1 aliphatic heterocycles. The maximum absolute atomic E-state index is 4.87. The van der Waals surface area contributed by atoms with Crippen molar-refractivity contribution in [2.45, 2.75) is 58.0 Å². The molecule has 1 aromatic carbocycles. The summed E-state index contributed by atoms with van der Waals surface area (Å²) in [5.41, 5.74) is 1.45. The largest absolute Gasteiger partial charge is 0.357 e. The molecule has 1 aromatic heterocycles. The first kappa shape index (κ1) is 18.0. The first-order valence-corrected chi connectivity index (χ1v) is 10.3. The van der Waals surface area contributed by atoms with Gasteiger partial charge in [-0.1, -0.05) is 37.3 Å². The Morgan fingerprint density at radius 3 is 2.89 bits per heavy atom. The van der Waals surface area contributed by atoms with Gasteiger partial charge in [-0.3, -0.25) is 4.99 Å². The molecule has 2 aromatic rings. The van der Waals surface area contributed by atoms with Gasteiger partial charge in [0.25, 0.3) is 0 Å². The lowest BCUT2D eigenvalue weighted by Crippen LogP contribution is -2.47. The number of benzene rings is 1. The van der Waals surface area contributed by atoms with E-state index in [4.69, 9.17) is 4.99 Å². The van der Waals surface area contributed by atoms with Crippen molar-refractivity contribution in [3.8, 4) is 0 Å². The Hall–Kier alpha value is -2.37. The van der Waals surface area contributed by atoms with E-state index in [-0.39, 0.29) is 0 Å². The minimum atomic E-state index is 0.353. The lowest BCUT2D eigenvalue weighted by atomic mass is 10.1. The molecule has 0 saturated heterocycles. The van der Waals surface area contributed by atoms with E-state index < -0.39 is 0 Å². The summed E-state index contributed by atoms with van der Waals surface area (Å²) < 4.78 is 2.07. The topological polar surface area (TPSA) is 67.1 Å². The van der Waals surface area contributed by atoms with E-state index >= 15 is 0 Å². The highest BCUT2D eigenvalue weighted by Gasteiger charge is 2.37. The molecule has 0 spiro atoms. The number of aromatic nitrogens is 3. The number of aliphatic imine (C=N–C) groups is 1. The SMILES string of the molecule is CCNC(=NCC1CC1c1ccccc1)NC1CCc2nc(CC)nn2C1. The summed E-state index contributed by atoms with van der Waals surface area (Å²) in [7, 11) is 0. The number of hydrogen-bond acceptors (Lipinski definition) is 3. The fourth-order valence-electron chi connectivity index (χ4n) is 3.91. The molecule has 3 atom stereocenters. The first-order chi connectivity index (χ1) is 13.3. The number of nitrogens with zero attached hydrogens (tertiary/aromatic N) is 4.